The molecule has 0 unspecified atom stereocenters. The molecule has 0 spiro atoms. The molecule has 2 rings (SSSR count). The van der Waals surface area contributed by atoms with E-state index in [1.54, 1.807) is 6.08 Å². The monoisotopic (exact) mass is 250 g/mol. The van der Waals surface area contributed by atoms with Crippen LogP contribution in [0.5, 0.6) is 0 Å². The molecule has 2 aromatic rings. The van der Waals surface area contributed by atoms with Crippen molar-refractivity contribution < 1.29 is 9.18 Å². The van der Waals surface area contributed by atoms with Crippen molar-refractivity contribution in [3.8, 4) is 0 Å². The quantitative estimate of drug-likeness (QED) is 0.477. The van der Waals surface area contributed by atoms with Crippen LogP contribution in [0.2, 0.25) is 0 Å². The number of nitrogens with zero attached hydrogens (tertiary/aromatic N) is 2. The normalized spacial score (nSPS) is 10.2. The van der Waals surface area contributed by atoms with Crippen LogP contribution in [0.15, 0.2) is 34.6 Å². The van der Waals surface area contributed by atoms with Gasteiger partial charge in [0.1, 0.15) is 5.69 Å². The van der Waals surface area contributed by atoms with Crippen LogP contribution in [-0.2, 0) is 11.3 Å². The maximum absolute atomic E-state index is 13.4. The van der Waals surface area contributed by atoms with Crippen molar-refractivity contribution in [3.63, 3.8) is 0 Å². The van der Waals surface area contributed by atoms with E-state index in [0.717, 1.165) is 11.3 Å². The minimum absolute atomic E-state index is 0.122. The Morgan fingerprint density at radius 3 is 3.00 bits per heavy atom. The number of hydrogen-bond donors (Lipinski definition) is 0. The van der Waals surface area contributed by atoms with Gasteiger partial charge in [-0.2, -0.15) is 4.99 Å². The molecule has 0 aliphatic heterocycles. The molecule has 0 amide bonds. The van der Waals surface area contributed by atoms with E-state index in [0.29, 0.717) is 16.8 Å². The Morgan fingerprint density at radius 2 is 2.35 bits per heavy atom. The predicted molar refractivity (Wildman–Crippen MR) is 64.0 cm³/mol. The number of carbonyl (C=O) groups excluding carboxylic acids is 1. The number of aliphatic imine (C=N–C) groups is 1. The fraction of sp³-hybridized carbons (Fsp3) is 0.0909. The lowest BCUT2D eigenvalue weighted by Crippen LogP contribution is -2.10. The molecule has 86 valence electrons. The maximum Gasteiger partial charge on any atom is 0.308 e. The van der Waals surface area contributed by atoms with Crippen LogP contribution in [0.4, 0.5) is 10.1 Å². The van der Waals surface area contributed by atoms with Gasteiger partial charge in [-0.3, -0.25) is 9.36 Å². The SMILES string of the molecule is C=CCn1c(=O)sc2cc(F)c(N=C=O)cc21. The van der Waals surface area contributed by atoms with Gasteiger partial charge in [-0.25, -0.2) is 9.18 Å². The number of fused-ring (bicyclic) bond motifs is 1. The lowest BCUT2D eigenvalue weighted by Gasteiger charge is -2.00. The standard InChI is InChI=1S/C11H7FN2O2S/c1-2-3-14-9-5-8(13-6-15)7(12)4-10(9)17-11(14)16/h2,4-5H,1,3H2. The molecule has 0 saturated carbocycles. The highest BCUT2D eigenvalue weighted by atomic mass is 32.1. The Balaban J connectivity index is 2.80. The Morgan fingerprint density at radius 1 is 1.59 bits per heavy atom. The van der Waals surface area contributed by atoms with Crippen molar-refractivity contribution in [2.45, 2.75) is 6.54 Å². The number of aromatic nitrogens is 1. The lowest BCUT2D eigenvalue weighted by atomic mass is 10.3. The van der Waals surface area contributed by atoms with Gasteiger partial charge in [0.2, 0.25) is 6.08 Å². The second kappa shape index (κ2) is 4.45. The third kappa shape index (κ3) is 1.95. The Bertz CT molecular complexity index is 695. The zero-order chi connectivity index (χ0) is 12.4. The predicted octanol–water partition coefficient (Wildman–Crippen LogP) is 2.36. The van der Waals surface area contributed by atoms with E-state index >= 15 is 0 Å². The fourth-order valence-electron chi connectivity index (χ4n) is 1.51. The average molecular weight is 250 g/mol. The van der Waals surface area contributed by atoms with Crippen molar-refractivity contribution in [1.29, 1.82) is 0 Å². The van der Waals surface area contributed by atoms with Crippen molar-refractivity contribution in [2.75, 3.05) is 0 Å². The number of halogens is 1. The van der Waals surface area contributed by atoms with Gasteiger partial charge in [0.25, 0.3) is 0 Å². The molecule has 0 N–H and O–H groups in total. The van der Waals surface area contributed by atoms with Crippen molar-refractivity contribution in [3.05, 3.63) is 40.3 Å². The first-order valence-electron chi connectivity index (χ1n) is 4.69. The Hall–Kier alpha value is -2.04. The summed E-state index contributed by atoms with van der Waals surface area (Å²) >= 11 is 0.939. The number of thiazole rings is 1. The summed E-state index contributed by atoms with van der Waals surface area (Å²) < 4.78 is 15.4. The summed E-state index contributed by atoms with van der Waals surface area (Å²) in [5.41, 5.74) is 0.415. The summed E-state index contributed by atoms with van der Waals surface area (Å²) in [6, 6.07) is 2.55. The van der Waals surface area contributed by atoms with Crippen LogP contribution in [0, 0.1) is 5.82 Å². The van der Waals surface area contributed by atoms with Gasteiger partial charge in [-0.05, 0) is 12.1 Å². The Labute approximate surface area is 99.3 Å². The van der Waals surface area contributed by atoms with Crippen LogP contribution in [-0.4, -0.2) is 10.6 Å². The summed E-state index contributed by atoms with van der Waals surface area (Å²) in [7, 11) is 0. The molecule has 17 heavy (non-hydrogen) atoms. The third-order valence-corrected chi connectivity index (χ3v) is 3.16. The molecule has 0 aliphatic rings. The summed E-state index contributed by atoms with van der Waals surface area (Å²) in [4.78, 5) is 24.8. The zero-order valence-corrected chi connectivity index (χ0v) is 9.46. The number of rotatable bonds is 3. The van der Waals surface area contributed by atoms with Crippen LogP contribution in [0.25, 0.3) is 10.2 Å². The van der Waals surface area contributed by atoms with Gasteiger partial charge in [0.05, 0.1) is 10.2 Å². The average Bonchev–Trinajstić information content (AvgIpc) is 2.57. The molecule has 0 aliphatic carbocycles. The highest BCUT2D eigenvalue weighted by Crippen LogP contribution is 2.26. The van der Waals surface area contributed by atoms with Gasteiger partial charge in [-0.1, -0.05) is 17.4 Å². The van der Waals surface area contributed by atoms with Crippen molar-refractivity contribution in [2.24, 2.45) is 4.99 Å². The molecule has 6 heteroatoms. The summed E-state index contributed by atoms with van der Waals surface area (Å²) in [6.07, 6.45) is 2.85. The van der Waals surface area contributed by atoms with Gasteiger partial charge in [0.15, 0.2) is 5.82 Å². The van der Waals surface area contributed by atoms with Gasteiger partial charge < -0.3 is 0 Å². The molecule has 4 nitrogen and oxygen atoms in total. The number of hydrogen-bond acceptors (Lipinski definition) is 4. The van der Waals surface area contributed by atoms with Crippen LogP contribution < -0.4 is 4.87 Å². The minimum Gasteiger partial charge on any atom is -0.295 e. The summed E-state index contributed by atoms with van der Waals surface area (Å²) in [5.74, 6) is -0.646. The van der Waals surface area contributed by atoms with Crippen LogP contribution in [0.3, 0.4) is 0 Å². The van der Waals surface area contributed by atoms with E-state index in [2.05, 4.69) is 11.6 Å². The number of benzene rings is 1. The van der Waals surface area contributed by atoms with Crippen molar-refractivity contribution in [1.82, 2.24) is 4.57 Å². The fourth-order valence-corrected chi connectivity index (χ4v) is 2.42. The minimum atomic E-state index is -0.646. The lowest BCUT2D eigenvalue weighted by molar-refractivity contribution is 0.564. The van der Waals surface area contributed by atoms with Gasteiger partial charge >= 0.3 is 4.87 Å². The first kappa shape index (κ1) is 11.4. The van der Waals surface area contributed by atoms with Gasteiger partial charge in [-0.15, -0.1) is 6.58 Å². The first-order valence-corrected chi connectivity index (χ1v) is 5.50. The van der Waals surface area contributed by atoms with E-state index in [9.17, 15) is 14.0 Å². The van der Waals surface area contributed by atoms with E-state index in [1.807, 2.05) is 0 Å². The molecular formula is C11H7FN2O2S. The van der Waals surface area contributed by atoms with Gasteiger partial charge in [0, 0.05) is 6.54 Å². The molecule has 0 fully saturated rings. The Kier molecular flexibility index (Phi) is 2.99. The third-order valence-electron chi connectivity index (χ3n) is 2.21. The second-order valence-electron chi connectivity index (χ2n) is 3.24. The molecular weight excluding hydrogens is 243 g/mol. The molecule has 0 saturated heterocycles. The number of isocyanates is 1. The number of allylic oxidation sites excluding steroid dienone is 1. The molecule has 1 aromatic heterocycles. The first-order chi connectivity index (χ1) is 8.17. The molecule has 0 bridgehead atoms. The smallest absolute Gasteiger partial charge is 0.295 e. The molecule has 1 aromatic carbocycles. The highest BCUT2D eigenvalue weighted by molar-refractivity contribution is 7.16. The van der Waals surface area contributed by atoms with Crippen LogP contribution in [0.1, 0.15) is 0 Å². The largest absolute Gasteiger partial charge is 0.308 e. The molecule has 0 radical (unpaired) electrons. The molecule has 0 atom stereocenters. The van der Waals surface area contributed by atoms with E-state index < -0.39 is 5.82 Å². The zero-order valence-electron chi connectivity index (χ0n) is 8.64. The van der Waals surface area contributed by atoms with Crippen LogP contribution >= 0.6 is 11.3 Å². The summed E-state index contributed by atoms with van der Waals surface area (Å²) in [5, 5.41) is 0. The van der Waals surface area contributed by atoms with E-state index in [-0.39, 0.29) is 10.6 Å². The van der Waals surface area contributed by atoms with E-state index in [1.165, 1.54) is 22.8 Å². The highest BCUT2D eigenvalue weighted by Gasteiger charge is 2.11. The molecule has 1 heterocycles. The maximum atomic E-state index is 13.4. The summed E-state index contributed by atoms with van der Waals surface area (Å²) in [6.45, 7) is 3.87. The van der Waals surface area contributed by atoms with E-state index in [4.69, 9.17) is 0 Å². The van der Waals surface area contributed by atoms with Crippen molar-refractivity contribution >= 4 is 33.3 Å². The topological polar surface area (TPSA) is 51.4 Å². The second-order valence-corrected chi connectivity index (χ2v) is 4.23.